The molecule has 0 saturated heterocycles. The first-order valence-electron chi connectivity index (χ1n) is 4.67. The second-order valence-corrected chi connectivity index (χ2v) is 3.58. The minimum atomic E-state index is -0.980. The van der Waals surface area contributed by atoms with E-state index in [0.717, 1.165) is 0 Å². The molecule has 1 aromatic carbocycles. The van der Waals surface area contributed by atoms with Crippen molar-refractivity contribution in [1.29, 1.82) is 0 Å². The van der Waals surface area contributed by atoms with Gasteiger partial charge in [-0.05, 0) is 36.6 Å². The highest BCUT2D eigenvalue weighted by atomic mass is 19.1. The van der Waals surface area contributed by atoms with Crippen LogP contribution in [0.5, 0.6) is 0 Å². The zero-order chi connectivity index (χ0) is 11.6. The van der Waals surface area contributed by atoms with E-state index in [4.69, 9.17) is 10.8 Å². The predicted molar refractivity (Wildman–Crippen MR) is 55.3 cm³/mol. The van der Waals surface area contributed by atoms with Gasteiger partial charge in [0.15, 0.2) is 0 Å². The highest BCUT2D eigenvalue weighted by Crippen LogP contribution is 2.22. The molecular formula is C11H14FNO2. The van der Waals surface area contributed by atoms with E-state index in [2.05, 4.69) is 0 Å². The highest BCUT2D eigenvalue weighted by molar-refractivity contribution is 5.77. The van der Waals surface area contributed by atoms with Gasteiger partial charge in [-0.1, -0.05) is 6.07 Å². The van der Waals surface area contributed by atoms with Crippen molar-refractivity contribution < 1.29 is 14.3 Å². The molecule has 0 saturated carbocycles. The summed E-state index contributed by atoms with van der Waals surface area (Å²) in [5.74, 6) is -2.06. The quantitative estimate of drug-likeness (QED) is 0.797. The SMILES string of the molecule is Cc1cc(C(CN)C(=O)O)c(C)cc1F. The van der Waals surface area contributed by atoms with Crippen LogP contribution < -0.4 is 5.73 Å². The third-order valence-corrected chi connectivity index (χ3v) is 2.46. The second kappa shape index (κ2) is 4.40. The molecule has 1 atom stereocenters. The van der Waals surface area contributed by atoms with Gasteiger partial charge < -0.3 is 10.8 Å². The van der Waals surface area contributed by atoms with Crippen LogP contribution in [-0.4, -0.2) is 17.6 Å². The molecule has 0 aliphatic carbocycles. The van der Waals surface area contributed by atoms with Gasteiger partial charge in [-0.2, -0.15) is 0 Å². The molecule has 0 aliphatic heterocycles. The van der Waals surface area contributed by atoms with E-state index in [1.807, 2.05) is 0 Å². The predicted octanol–water partition coefficient (Wildman–Crippen LogP) is 1.57. The Morgan fingerprint density at radius 2 is 2.07 bits per heavy atom. The Bertz CT molecular complexity index is 390. The highest BCUT2D eigenvalue weighted by Gasteiger charge is 2.20. The number of carboxylic acid groups (broad SMARTS) is 1. The van der Waals surface area contributed by atoms with Gasteiger partial charge in [-0.25, -0.2) is 4.39 Å². The fourth-order valence-corrected chi connectivity index (χ4v) is 1.54. The van der Waals surface area contributed by atoms with Crippen molar-refractivity contribution in [1.82, 2.24) is 0 Å². The minimum Gasteiger partial charge on any atom is -0.481 e. The molecule has 0 amide bonds. The Hall–Kier alpha value is -1.42. The van der Waals surface area contributed by atoms with Gasteiger partial charge in [0.1, 0.15) is 5.82 Å². The standard InChI is InChI=1S/C11H14FNO2/c1-6-4-10(12)7(2)3-8(6)9(5-13)11(14)15/h3-4,9H,5,13H2,1-2H3,(H,14,15). The zero-order valence-corrected chi connectivity index (χ0v) is 8.75. The van der Waals surface area contributed by atoms with Crippen molar-refractivity contribution in [3.8, 4) is 0 Å². The van der Waals surface area contributed by atoms with Crippen LogP contribution in [0.1, 0.15) is 22.6 Å². The molecule has 0 radical (unpaired) electrons. The van der Waals surface area contributed by atoms with E-state index in [9.17, 15) is 9.18 Å². The van der Waals surface area contributed by atoms with Crippen LogP contribution in [0.15, 0.2) is 12.1 Å². The fourth-order valence-electron chi connectivity index (χ4n) is 1.54. The number of hydrogen-bond acceptors (Lipinski definition) is 2. The number of aliphatic carboxylic acids is 1. The number of aryl methyl sites for hydroxylation is 2. The van der Waals surface area contributed by atoms with Crippen molar-refractivity contribution in [2.45, 2.75) is 19.8 Å². The van der Waals surface area contributed by atoms with Crippen LogP contribution in [0, 0.1) is 19.7 Å². The van der Waals surface area contributed by atoms with Crippen molar-refractivity contribution in [2.75, 3.05) is 6.54 Å². The summed E-state index contributed by atoms with van der Waals surface area (Å²) in [4.78, 5) is 10.9. The molecule has 82 valence electrons. The summed E-state index contributed by atoms with van der Waals surface area (Å²) in [5.41, 5.74) is 7.04. The lowest BCUT2D eigenvalue weighted by Gasteiger charge is -2.14. The van der Waals surface area contributed by atoms with E-state index >= 15 is 0 Å². The first kappa shape index (κ1) is 11.7. The monoisotopic (exact) mass is 211 g/mol. The Labute approximate surface area is 87.7 Å². The normalized spacial score (nSPS) is 12.5. The second-order valence-electron chi connectivity index (χ2n) is 3.58. The number of benzene rings is 1. The number of rotatable bonds is 3. The molecule has 0 bridgehead atoms. The molecule has 0 aromatic heterocycles. The molecule has 0 heterocycles. The lowest BCUT2D eigenvalue weighted by molar-refractivity contribution is -0.138. The van der Waals surface area contributed by atoms with Gasteiger partial charge in [-0.15, -0.1) is 0 Å². The summed E-state index contributed by atoms with van der Waals surface area (Å²) in [6, 6.07) is 2.90. The number of carboxylic acids is 1. The number of hydrogen-bond donors (Lipinski definition) is 2. The van der Waals surface area contributed by atoms with E-state index in [-0.39, 0.29) is 12.4 Å². The smallest absolute Gasteiger partial charge is 0.312 e. The minimum absolute atomic E-state index is 0.0151. The average molecular weight is 211 g/mol. The number of halogens is 1. The van der Waals surface area contributed by atoms with Gasteiger partial charge in [-0.3, -0.25) is 4.79 Å². The maximum absolute atomic E-state index is 13.1. The third-order valence-electron chi connectivity index (χ3n) is 2.46. The molecule has 3 N–H and O–H groups in total. The molecule has 3 nitrogen and oxygen atoms in total. The molecular weight excluding hydrogens is 197 g/mol. The van der Waals surface area contributed by atoms with Crippen molar-refractivity contribution in [3.05, 3.63) is 34.6 Å². The lowest BCUT2D eigenvalue weighted by atomic mass is 9.93. The Kier molecular flexibility index (Phi) is 3.42. The van der Waals surface area contributed by atoms with Gasteiger partial charge in [0.2, 0.25) is 0 Å². The maximum atomic E-state index is 13.1. The summed E-state index contributed by atoms with van der Waals surface area (Å²) >= 11 is 0. The van der Waals surface area contributed by atoms with Crippen molar-refractivity contribution in [2.24, 2.45) is 5.73 Å². The van der Waals surface area contributed by atoms with Gasteiger partial charge in [0.05, 0.1) is 5.92 Å². The molecule has 1 aromatic rings. The van der Waals surface area contributed by atoms with Gasteiger partial charge in [0, 0.05) is 6.54 Å². The summed E-state index contributed by atoms with van der Waals surface area (Å²) < 4.78 is 13.1. The summed E-state index contributed by atoms with van der Waals surface area (Å²) in [5, 5.41) is 8.94. The zero-order valence-electron chi connectivity index (χ0n) is 8.75. The van der Waals surface area contributed by atoms with Crippen LogP contribution in [-0.2, 0) is 4.79 Å². The number of carbonyl (C=O) groups is 1. The Balaban J connectivity index is 3.24. The Morgan fingerprint density at radius 3 is 2.53 bits per heavy atom. The molecule has 15 heavy (non-hydrogen) atoms. The lowest BCUT2D eigenvalue weighted by Crippen LogP contribution is -2.22. The van der Waals surface area contributed by atoms with Gasteiger partial charge in [0.25, 0.3) is 0 Å². The topological polar surface area (TPSA) is 63.3 Å². The summed E-state index contributed by atoms with van der Waals surface area (Å²) in [7, 11) is 0. The molecule has 1 rings (SSSR count). The molecule has 1 unspecified atom stereocenters. The van der Waals surface area contributed by atoms with Crippen molar-refractivity contribution >= 4 is 5.97 Å². The average Bonchev–Trinajstić information content (AvgIpc) is 2.14. The van der Waals surface area contributed by atoms with Crippen LogP contribution in [0.3, 0.4) is 0 Å². The van der Waals surface area contributed by atoms with Gasteiger partial charge >= 0.3 is 5.97 Å². The van der Waals surface area contributed by atoms with E-state index in [1.165, 1.54) is 6.07 Å². The molecule has 0 spiro atoms. The van der Waals surface area contributed by atoms with E-state index < -0.39 is 11.9 Å². The summed E-state index contributed by atoms with van der Waals surface area (Å²) in [6.07, 6.45) is 0. The van der Waals surface area contributed by atoms with Crippen LogP contribution in [0.4, 0.5) is 4.39 Å². The summed E-state index contributed by atoms with van der Waals surface area (Å²) in [6.45, 7) is 3.30. The van der Waals surface area contributed by atoms with E-state index in [0.29, 0.717) is 16.7 Å². The van der Waals surface area contributed by atoms with Crippen molar-refractivity contribution in [3.63, 3.8) is 0 Å². The van der Waals surface area contributed by atoms with Crippen LogP contribution in [0.2, 0.25) is 0 Å². The molecule has 0 fully saturated rings. The third kappa shape index (κ3) is 2.33. The maximum Gasteiger partial charge on any atom is 0.312 e. The first-order chi connectivity index (χ1) is 6.97. The van der Waals surface area contributed by atoms with Crippen LogP contribution >= 0.6 is 0 Å². The fraction of sp³-hybridized carbons (Fsp3) is 0.364. The molecule has 4 heteroatoms. The van der Waals surface area contributed by atoms with Crippen LogP contribution in [0.25, 0.3) is 0 Å². The largest absolute Gasteiger partial charge is 0.481 e. The first-order valence-corrected chi connectivity index (χ1v) is 4.67. The molecule has 0 aliphatic rings. The Morgan fingerprint density at radius 1 is 1.47 bits per heavy atom. The number of nitrogens with two attached hydrogens (primary N) is 1. The van der Waals surface area contributed by atoms with E-state index in [1.54, 1.807) is 19.9 Å².